The summed E-state index contributed by atoms with van der Waals surface area (Å²) in [7, 11) is 0. The Morgan fingerprint density at radius 1 is 1.08 bits per heavy atom. The molecule has 0 saturated carbocycles. The number of amides is 2. The van der Waals surface area contributed by atoms with Crippen LogP contribution in [0.1, 0.15) is 61.7 Å². The SMILES string of the molecule is C[C@@H]1CC[C@@H](NC(=O)N2CCC(n3cccn3)CC2)c2ccccc21. The minimum absolute atomic E-state index is 0.0771. The minimum Gasteiger partial charge on any atom is -0.331 e. The second-order valence-electron chi connectivity index (χ2n) is 7.31. The summed E-state index contributed by atoms with van der Waals surface area (Å²) in [6.07, 6.45) is 7.92. The monoisotopic (exact) mass is 338 g/mol. The number of urea groups is 1. The Morgan fingerprint density at radius 3 is 2.56 bits per heavy atom. The Kier molecular flexibility index (Phi) is 4.47. The highest BCUT2D eigenvalue weighted by molar-refractivity contribution is 5.75. The topological polar surface area (TPSA) is 50.2 Å². The van der Waals surface area contributed by atoms with E-state index in [0.717, 1.165) is 38.8 Å². The Bertz CT molecular complexity index is 719. The fourth-order valence-corrected chi connectivity index (χ4v) is 4.23. The number of carbonyl (C=O) groups is 1. The molecule has 1 aromatic heterocycles. The predicted octanol–water partition coefficient (Wildman–Crippen LogP) is 3.87. The standard InChI is InChI=1S/C20H26N4O/c1-15-7-8-19(18-6-3-2-5-17(15)18)22-20(25)23-13-9-16(10-14-23)24-12-4-11-21-24/h2-6,11-12,15-16,19H,7-10,13-14H2,1H3,(H,22,25)/t15-,19-/m1/s1. The number of fused-ring (bicyclic) bond motifs is 1. The molecule has 0 unspecified atom stereocenters. The molecule has 0 radical (unpaired) electrons. The van der Waals surface area contributed by atoms with E-state index in [9.17, 15) is 4.79 Å². The van der Waals surface area contributed by atoms with Crippen molar-refractivity contribution in [2.75, 3.05) is 13.1 Å². The van der Waals surface area contributed by atoms with Crippen LogP contribution in [0.4, 0.5) is 4.79 Å². The summed E-state index contributed by atoms with van der Waals surface area (Å²) in [6, 6.07) is 11.1. The van der Waals surface area contributed by atoms with E-state index in [2.05, 4.69) is 41.6 Å². The van der Waals surface area contributed by atoms with Crippen molar-refractivity contribution in [2.45, 2.75) is 50.6 Å². The maximum Gasteiger partial charge on any atom is 0.317 e. The van der Waals surface area contributed by atoms with E-state index in [1.165, 1.54) is 11.1 Å². The number of benzene rings is 1. The lowest BCUT2D eigenvalue weighted by molar-refractivity contribution is 0.164. The van der Waals surface area contributed by atoms with Gasteiger partial charge in [-0.2, -0.15) is 5.10 Å². The van der Waals surface area contributed by atoms with Crippen molar-refractivity contribution in [2.24, 2.45) is 0 Å². The zero-order valence-electron chi connectivity index (χ0n) is 14.8. The van der Waals surface area contributed by atoms with Gasteiger partial charge in [0.2, 0.25) is 0 Å². The van der Waals surface area contributed by atoms with Gasteiger partial charge in [0, 0.05) is 25.5 Å². The highest BCUT2D eigenvalue weighted by atomic mass is 16.2. The average molecular weight is 338 g/mol. The molecule has 2 heterocycles. The first-order valence-electron chi connectivity index (χ1n) is 9.36. The van der Waals surface area contributed by atoms with E-state index in [4.69, 9.17) is 0 Å². The maximum atomic E-state index is 12.7. The number of piperidine rings is 1. The van der Waals surface area contributed by atoms with Crippen molar-refractivity contribution < 1.29 is 4.79 Å². The zero-order valence-corrected chi connectivity index (χ0v) is 14.8. The summed E-state index contributed by atoms with van der Waals surface area (Å²) in [5.41, 5.74) is 2.68. The van der Waals surface area contributed by atoms with Gasteiger partial charge >= 0.3 is 6.03 Å². The molecule has 1 saturated heterocycles. The quantitative estimate of drug-likeness (QED) is 0.904. The minimum atomic E-state index is 0.0771. The van der Waals surface area contributed by atoms with Crippen molar-refractivity contribution >= 4 is 6.03 Å². The summed E-state index contributed by atoms with van der Waals surface area (Å²) < 4.78 is 2.02. The third-order valence-electron chi connectivity index (χ3n) is 5.74. The number of aromatic nitrogens is 2. The van der Waals surface area contributed by atoms with Crippen molar-refractivity contribution in [3.63, 3.8) is 0 Å². The number of nitrogens with zero attached hydrogens (tertiary/aromatic N) is 3. The smallest absolute Gasteiger partial charge is 0.317 e. The van der Waals surface area contributed by atoms with Crippen LogP contribution < -0.4 is 5.32 Å². The van der Waals surface area contributed by atoms with E-state index in [0.29, 0.717) is 12.0 Å². The van der Waals surface area contributed by atoms with Crippen LogP contribution in [0.5, 0.6) is 0 Å². The highest BCUT2D eigenvalue weighted by Gasteiger charge is 2.29. The lowest BCUT2D eigenvalue weighted by atomic mass is 9.81. The predicted molar refractivity (Wildman–Crippen MR) is 97.4 cm³/mol. The summed E-state index contributed by atoms with van der Waals surface area (Å²) in [4.78, 5) is 14.7. The first-order valence-corrected chi connectivity index (χ1v) is 9.36. The number of likely N-dealkylation sites (tertiary alicyclic amines) is 1. The molecule has 25 heavy (non-hydrogen) atoms. The molecular formula is C20H26N4O. The second-order valence-corrected chi connectivity index (χ2v) is 7.31. The Morgan fingerprint density at radius 2 is 1.84 bits per heavy atom. The third kappa shape index (κ3) is 3.28. The van der Waals surface area contributed by atoms with E-state index in [1.807, 2.05) is 28.0 Å². The van der Waals surface area contributed by atoms with Gasteiger partial charge in [0.05, 0.1) is 12.1 Å². The first kappa shape index (κ1) is 16.2. The van der Waals surface area contributed by atoms with Gasteiger partial charge in [0.25, 0.3) is 0 Å². The van der Waals surface area contributed by atoms with Gasteiger partial charge in [0.1, 0.15) is 0 Å². The molecule has 1 aliphatic heterocycles. The van der Waals surface area contributed by atoms with Gasteiger partial charge in [-0.05, 0) is 48.8 Å². The Labute approximate surface area is 149 Å². The number of nitrogens with one attached hydrogen (secondary N) is 1. The lowest BCUT2D eigenvalue weighted by Crippen LogP contribution is -2.46. The zero-order chi connectivity index (χ0) is 17.2. The van der Waals surface area contributed by atoms with Crippen molar-refractivity contribution in [3.05, 3.63) is 53.9 Å². The Balaban J connectivity index is 1.38. The summed E-state index contributed by atoms with van der Waals surface area (Å²) in [5, 5.41) is 7.61. The van der Waals surface area contributed by atoms with Crippen LogP contribution in [0, 0.1) is 0 Å². The molecular weight excluding hydrogens is 312 g/mol. The first-order chi connectivity index (χ1) is 12.2. The fraction of sp³-hybridized carbons (Fsp3) is 0.500. The summed E-state index contributed by atoms with van der Waals surface area (Å²) in [6.45, 7) is 3.86. The molecule has 4 rings (SSSR count). The van der Waals surface area contributed by atoms with Crippen LogP contribution in [0.25, 0.3) is 0 Å². The van der Waals surface area contributed by atoms with Crippen LogP contribution >= 0.6 is 0 Å². The maximum absolute atomic E-state index is 12.7. The van der Waals surface area contributed by atoms with Gasteiger partial charge in [-0.1, -0.05) is 31.2 Å². The molecule has 5 heteroatoms. The highest BCUT2D eigenvalue weighted by Crippen LogP contribution is 2.37. The number of carbonyl (C=O) groups excluding carboxylic acids is 1. The van der Waals surface area contributed by atoms with Crippen LogP contribution in [0.15, 0.2) is 42.7 Å². The van der Waals surface area contributed by atoms with Crippen LogP contribution in [-0.2, 0) is 0 Å². The molecule has 0 spiro atoms. The molecule has 5 nitrogen and oxygen atoms in total. The molecule has 2 atom stereocenters. The van der Waals surface area contributed by atoms with Crippen LogP contribution in [0.3, 0.4) is 0 Å². The molecule has 2 aliphatic rings. The molecule has 1 fully saturated rings. The van der Waals surface area contributed by atoms with Gasteiger partial charge in [0.15, 0.2) is 0 Å². The van der Waals surface area contributed by atoms with E-state index >= 15 is 0 Å². The van der Waals surface area contributed by atoms with E-state index < -0.39 is 0 Å². The van der Waals surface area contributed by atoms with Gasteiger partial charge < -0.3 is 10.2 Å². The summed E-state index contributed by atoms with van der Waals surface area (Å²) in [5.74, 6) is 0.578. The Hall–Kier alpha value is -2.30. The van der Waals surface area contributed by atoms with Crippen LogP contribution in [-0.4, -0.2) is 33.8 Å². The largest absolute Gasteiger partial charge is 0.331 e. The molecule has 2 aromatic rings. The van der Waals surface area contributed by atoms with E-state index in [-0.39, 0.29) is 12.1 Å². The number of hydrogen-bond donors (Lipinski definition) is 1. The molecule has 2 amide bonds. The van der Waals surface area contributed by atoms with Crippen molar-refractivity contribution in [1.29, 1.82) is 0 Å². The molecule has 1 N–H and O–H groups in total. The van der Waals surface area contributed by atoms with E-state index in [1.54, 1.807) is 0 Å². The van der Waals surface area contributed by atoms with Gasteiger partial charge in [-0.25, -0.2) is 4.79 Å². The molecule has 1 aromatic carbocycles. The summed E-state index contributed by atoms with van der Waals surface area (Å²) >= 11 is 0. The average Bonchev–Trinajstić information content (AvgIpc) is 3.19. The number of hydrogen-bond acceptors (Lipinski definition) is 2. The molecule has 1 aliphatic carbocycles. The van der Waals surface area contributed by atoms with Crippen LogP contribution in [0.2, 0.25) is 0 Å². The van der Waals surface area contributed by atoms with Crippen molar-refractivity contribution in [1.82, 2.24) is 20.0 Å². The van der Waals surface area contributed by atoms with Gasteiger partial charge in [-0.15, -0.1) is 0 Å². The fourth-order valence-electron chi connectivity index (χ4n) is 4.23. The third-order valence-corrected chi connectivity index (χ3v) is 5.74. The molecule has 0 bridgehead atoms. The number of rotatable bonds is 2. The van der Waals surface area contributed by atoms with Gasteiger partial charge in [-0.3, -0.25) is 4.68 Å². The second kappa shape index (κ2) is 6.90. The normalized spacial score (nSPS) is 24.0. The lowest BCUT2D eigenvalue weighted by Gasteiger charge is -2.35. The van der Waals surface area contributed by atoms with Crippen molar-refractivity contribution in [3.8, 4) is 0 Å². The molecule has 132 valence electrons.